The summed E-state index contributed by atoms with van der Waals surface area (Å²) in [6, 6.07) is 8.56. The molecule has 0 atom stereocenters. The maximum atomic E-state index is 11.7. The molecule has 1 aromatic rings. The molecule has 0 radical (unpaired) electrons. The van der Waals surface area contributed by atoms with Gasteiger partial charge in [0.2, 0.25) is 6.29 Å². The Bertz CT molecular complexity index is 402. The lowest BCUT2D eigenvalue weighted by Gasteiger charge is -2.16. The number of carbonyl (C=O) groups is 2. The topological polar surface area (TPSA) is 76.7 Å². The lowest BCUT2D eigenvalue weighted by atomic mass is 10.2. The van der Waals surface area contributed by atoms with Crippen LogP contribution in [0, 0.1) is 0 Å². The van der Waals surface area contributed by atoms with Crippen molar-refractivity contribution in [3.8, 4) is 0 Å². The fourth-order valence-electron chi connectivity index (χ4n) is 1.34. The third-order valence-corrected chi connectivity index (χ3v) is 2.19. The first-order valence-corrected chi connectivity index (χ1v) is 6.07. The average Bonchev–Trinajstić information content (AvgIpc) is 2.45. The van der Waals surface area contributed by atoms with E-state index in [9.17, 15) is 9.59 Å². The standard InChI is InChI=1S/C13H18N2O4/c1-3-18-13(19-4-2)12(17)15-14-11(16)10-8-6-5-7-9-10/h5-9,13H,3-4H2,1-2H3,(H,14,16)(H,15,17). The maximum Gasteiger partial charge on any atom is 0.295 e. The Kier molecular flexibility index (Phi) is 6.56. The number of hydrazine groups is 1. The van der Waals surface area contributed by atoms with Crippen molar-refractivity contribution in [1.29, 1.82) is 0 Å². The van der Waals surface area contributed by atoms with Crippen molar-refractivity contribution in [3.63, 3.8) is 0 Å². The van der Waals surface area contributed by atoms with E-state index in [0.29, 0.717) is 18.8 Å². The van der Waals surface area contributed by atoms with Crippen molar-refractivity contribution in [1.82, 2.24) is 10.9 Å². The van der Waals surface area contributed by atoms with Gasteiger partial charge in [-0.2, -0.15) is 0 Å². The second-order valence-corrected chi connectivity index (χ2v) is 3.55. The molecule has 0 saturated heterocycles. The summed E-state index contributed by atoms with van der Waals surface area (Å²) >= 11 is 0. The van der Waals surface area contributed by atoms with E-state index in [2.05, 4.69) is 10.9 Å². The molecule has 0 aliphatic heterocycles. The third kappa shape index (κ3) is 5.07. The van der Waals surface area contributed by atoms with Gasteiger partial charge in [0.05, 0.1) is 0 Å². The van der Waals surface area contributed by atoms with Crippen LogP contribution in [0.4, 0.5) is 0 Å². The van der Waals surface area contributed by atoms with Crippen molar-refractivity contribution < 1.29 is 19.1 Å². The molecule has 19 heavy (non-hydrogen) atoms. The summed E-state index contributed by atoms with van der Waals surface area (Å²) in [5.74, 6) is -0.950. The molecule has 6 heteroatoms. The van der Waals surface area contributed by atoms with Gasteiger partial charge in [-0.05, 0) is 26.0 Å². The second kappa shape index (κ2) is 8.23. The predicted octanol–water partition coefficient (Wildman–Crippen LogP) is 0.847. The van der Waals surface area contributed by atoms with Gasteiger partial charge in [-0.3, -0.25) is 20.4 Å². The molecular weight excluding hydrogens is 248 g/mol. The molecule has 0 unspecified atom stereocenters. The number of hydrogen-bond acceptors (Lipinski definition) is 4. The minimum Gasteiger partial charge on any atom is -0.345 e. The summed E-state index contributed by atoms with van der Waals surface area (Å²) in [6.45, 7) is 4.18. The Morgan fingerprint density at radius 2 is 1.63 bits per heavy atom. The number of nitrogens with one attached hydrogen (secondary N) is 2. The highest BCUT2D eigenvalue weighted by atomic mass is 16.7. The van der Waals surface area contributed by atoms with Crippen molar-refractivity contribution in [3.05, 3.63) is 35.9 Å². The zero-order valence-electron chi connectivity index (χ0n) is 11.0. The molecule has 0 fully saturated rings. The minimum atomic E-state index is -1.02. The molecule has 104 valence electrons. The highest BCUT2D eigenvalue weighted by Gasteiger charge is 2.19. The van der Waals surface area contributed by atoms with E-state index in [1.54, 1.807) is 44.2 Å². The lowest BCUT2D eigenvalue weighted by Crippen LogP contribution is -2.48. The van der Waals surface area contributed by atoms with E-state index >= 15 is 0 Å². The zero-order chi connectivity index (χ0) is 14.1. The molecule has 1 aromatic carbocycles. The van der Waals surface area contributed by atoms with Gasteiger partial charge in [0.15, 0.2) is 0 Å². The fraction of sp³-hybridized carbons (Fsp3) is 0.385. The Balaban J connectivity index is 2.46. The predicted molar refractivity (Wildman–Crippen MR) is 69.1 cm³/mol. The van der Waals surface area contributed by atoms with Crippen LogP contribution in [0.3, 0.4) is 0 Å². The first-order valence-electron chi connectivity index (χ1n) is 6.07. The normalized spacial score (nSPS) is 10.3. The number of rotatable bonds is 6. The van der Waals surface area contributed by atoms with Crippen LogP contribution in [0.15, 0.2) is 30.3 Å². The SMILES string of the molecule is CCOC(OCC)C(=O)NNC(=O)c1ccccc1. The van der Waals surface area contributed by atoms with E-state index in [0.717, 1.165) is 0 Å². The van der Waals surface area contributed by atoms with Gasteiger partial charge >= 0.3 is 0 Å². The minimum absolute atomic E-state index is 0.338. The summed E-state index contributed by atoms with van der Waals surface area (Å²) in [5, 5.41) is 0. The smallest absolute Gasteiger partial charge is 0.295 e. The molecule has 0 heterocycles. The van der Waals surface area contributed by atoms with Gasteiger partial charge in [0.25, 0.3) is 11.8 Å². The van der Waals surface area contributed by atoms with Gasteiger partial charge in [-0.1, -0.05) is 18.2 Å². The highest BCUT2D eigenvalue weighted by molar-refractivity contribution is 5.95. The van der Waals surface area contributed by atoms with Crippen LogP contribution in [0.5, 0.6) is 0 Å². The summed E-state index contributed by atoms with van der Waals surface area (Å²) in [5.41, 5.74) is 5.01. The third-order valence-electron chi connectivity index (χ3n) is 2.19. The largest absolute Gasteiger partial charge is 0.345 e. The molecule has 2 amide bonds. The maximum absolute atomic E-state index is 11.7. The summed E-state index contributed by atoms with van der Waals surface area (Å²) < 4.78 is 10.2. The van der Waals surface area contributed by atoms with Gasteiger partial charge in [-0.15, -0.1) is 0 Å². The van der Waals surface area contributed by atoms with E-state index in [-0.39, 0.29) is 0 Å². The van der Waals surface area contributed by atoms with Crippen molar-refractivity contribution >= 4 is 11.8 Å². The molecule has 1 rings (SSSR count). The Morgan fingerprint density at radius 3 is 2.16 bits per heavy atom. The van der Waals surface area contributed by atoms with Crippen molar-refractivity contribution in [2.75, 3.05) is 13.2 Å². The van der Waals surface area contributed by atoms with Gasteiger partial charge in [-0.25, -0.2) is 0 Å². The molecule has 6 nitrogen and oxygen atoms in total. The second-order valence-electron chi connectivity index (χ2n) is 3.55. The van der Waals surface area contributed by atoms with Gasteiger partial charge < -0.3 is 9.47 Å². The summed E-state index contributed by atoms with van der Waals surface area (Å²) in [4.78, 5) is 23.4. The van der Waals surface area contributed by atoms with Crippen LogP contribution in [-0.2, 0) is 14.3 Å². The van der Waals surface area contributed by atoms with E-state index < -0.39 is 18.1 Å². The first kappa shape index (κ1) is 15.1. The van der Waals surface area contributed by atoms with Crippen LogP contribution in [0.25, 0.3) is 0 Å². The van der Waals surface area contributed by atoms with Crippen LogP contribution in [0.1, 0.15) is 24.2 Å². The Hall–Kier alpha value is -1.92. The zero-order valence-corrected chi connectivity index (χ0v) is 11.0. The Labute approximate surface area is 112 Å². The molecule has 0 aliphatic carbocycles. The molecule has 0 aromatic heterocycles. The van der Waals surface area contributed by atoms with E-state index in [1.807, 2.05) is 0 Å². The van der Waals surface area contributed by atoms with Crippen molar-refractivity contribution in [2.45, 2.75) is 20.1 Å². The molecule has 0 saturated carbocycles. The molecule has 0 spiro atoms. The molecule has 0 aliphatic rings. The number of amides is 2. The summed E-state index contributed by atoms with van der Waals surface area (Å²) in [7, 11) is 0. The highest BCUT2D eigenvalue weighted by Crippen LogP contribution is 1.98. The quantitative estimate of drug-likeness (QED) is 0.591. The molecular formula is C13H18N2O4. The van der Waals surface area contributed by atoms with Gasteiger partial charge in [0.1, 0.15) is 0 Å². The monoisotopic (exact) mass is 266 g/mol. The number of benzene rings is 1. The van der Waals surface area contributed by atoms with Gasteiger partial charge in [0, 0.05) is 18.8 Å². The fourth-order valence-corrected chi connectivity index (χ4v) is 1.34. The Morgan fingerprint density at radius 1 is 1.05 bits per heavy atom. The lowest BCUT2D eigenvalue weighted by molar-refractivity contribution is -0.170. The van der Waals surface area contributed by atoms with Crippen LogP contribution in [-0.4, -0.2) is 31.3 Å². The number of hydrogen-bond donors (Lipinski definition) is 2. The van der Waals surface area contributed by atoms with E-state index in [4.69, 9.17) is 9.47 Å². The average molecular weight is 266 g/mol. The number of carbonyl (C=O) groups excluding carboxylic acids is 2. The molecule has 0 bridgehead atoms. The van der Waals surface area contributed by atoms with Crippen LogP contribution >= 0.6 is 0 Å². The molecule has 2 N–H and O–H groups in total. The summed E-state index contributed by atoms with van der Waals surface area (Å²) in [6.07, 6.45) is -1.02. The van der Waals surface area contributed by atoms with Crippen molar-refractivity contribution in [2.24, 2.45) is 0 Å². The van der Waals surface area contributed by atoms with E-state index in [1.165, 1.54) is 0 Å². The first-order chi connectivity index (χ1) is 9.19. The van der Waals surface area contributed by atoms with Crippen LogP contribution in [0.2, 0.25) is 0 Å². The number of ether oxygens (including phenoxy) is 2. The van der Waals surface area contributed by atoms with Crippen LogP contribution < -0.4 is 10.9 Å².